The second-order valence-electron chi connectivity index (χ2n) is 42.9. The van der Waals surface area contributed by atoms with Crippen molar-refractivity contribution in [3.63, 3.8) is 0 Å². The molecule has 32 nitrogen and oxygen atoms in total. The number of para-hydroxylation sites is 2. The Morgan fingerprint density at radius 2 is 0.793 bits per heavy atom. The number of carbonyl (C=O) groups excluding carboxylic acids is 9. The van der Waals surface area contributed by atoms with Gasteiger partial charge in [-0.15, -0.1) is 0 Å². The number of rotatable bonds is 33. The number of fused-ring (bicyclic) bond motifs is 10. The summed E-state index contributed by atoms with van der Waals surface area (Å²) >= 11 is 28.6. The second-order valence-corrected chi connectivity index (χ2v) is 44.9. The van der Waals surface area contributed by atoms with Crippen LogP contribution < -0.4 is 66.2 Å². The molecular weight excluding hydrogens is 2040 g/mol. The zero-order valence-electron chi connectivity index (χ0n) is 84.6. The molecule has 10 bridgehead atoms. The third-order valence-electron chi connectivity index (χ3n) is 31.7. The van der Waals surface area contributed by atoms with Crippen molar-refractivity contribution in [2.75, 3.05) is 38.4 Å². The number of nitrogens with zero attached hydrogens (tertiary/aromatic N) is 7. The number of ketones is 2. The number of hydrogen-bond acceptors (Lipinski definition) is 23. The van der Waals surface area contributed by atoms with Gasteiger partial charge >= 0.3 is 0 Å². The number of Topliss-reactive ketones (excluding diaryl/α,β-unsaturated/α-hetero) is 2. The molecule has 11 aromatic rings. The minimum atomic E-state index is -0.592. The third-order valence-corrected chi connectivity index (χ3v) is 33.3. The summed E-state index contributed by atoms with van der Waals surface area (Å²) in [6.45, 7) is 15.6. The number of nitrogens with one attached hydrogen (secondary N) is 8. The summed E-state index contributed by atoms with van der Waals surface area (Å²) in [7, 11) is 1.78. The van der Waals surface area contributed by atoms with E-state index in [0.717, 1.165) is 181 Å². The molecule has 15 fully saturated rings. The van der Waals surface area contributed by atoms with Gasteiger partial charge in [0.05, 0.1) is 37.2 Å². The number of oxazole rings is 1. The van der Waals surface area contributed by atoms with Crippen molar-refractivity contribution in [3.8, 4) is 28.7 Å². The summed E-state index contributed by atoms with van der Waals surface area (Å²) in [6, 6.07) is 36.8. The van der Waals surface area contributed by atoms with E-state index in [-0.39, 0.29) is 213 Å². The molecule has 15 saturated carbocycles. The largest absolute Gasteiger partial charge is 0.486 e. The van der Waals surface area contributed by atoms with Gasteiger partial charge in [0.25, 0.3) is 47.4 Å². The van der Waals surface area contributed by atoms with E-state index in [2.05, 4.69) is 88.8 Å². The molecule has 41 heteroatoms. The first-order chi connectivity index (χ1) is 71.3. The lowest BCUT2D eigenvalue weighted by atomic mass is 9.38. The number of benzene rings is 6. The van der Waals surface area contributed by atoms with Crippen LogP contribution in [0.4, 0.5) is 23.6 Å². The van der Waals surface area contributed by atoms with Crippen LogP contribution in [0.5, 0.6) is 28.7 Å². The first kappa shape index (κ1) is 108. The van der Waals surface area contributed by atoms with Crippen LogP contribution in [0.1, 0.15) is 240 Å². The smallest absolute Gasteiger partial charge is 0.296 e. The Balaban J connectivity index is 0.000000128. The fourth-order valence-corrected chi connectivity index (χ4v) is 24.9. The van der Waals surface area contributed by atoms with E-state index in [1.807, 2.05) is 57.2 Å². The third kappa shape index (κ3) is 24.7. The maximum atomic E-state index is 13.5. The fourth-order valence-electron chi connectivity index (χ4n) is 24.3. The molecule has 15 aliphatic carbocycles. The highest BCUT2D eigenvalue weighted by atomic mass is 35.5. The summed E-state index contributed by atoms with van der Waals surface area (Å²) in [5.74, 6) is -1.12. The lowest BCUT2D eigenvalue weighted by molar-refractivity contribution is -0.164. The monoisotopic (exact) mass is 2160 g/mol. The summed E-state index contributed by atoms with van der Waals surface area (Å²) in [4.78, 5) is 117. The lowest BCUT2D eigenvalue weighted by Gasteiger charge is -2.70. The molecular formula is C109H120Cl5F4N15O17. The van der Waals surface area contributed by atoms with Gasteiger partial charge in [0.2, 0.25) is 11.5 Å². The van der Waals surface area contributed by atoms with E-state index >= 15 is 0 Å². The van der Waals surface area contributed by atoms with Crippen molar-refractivity contribution in [2.45, 2.75) is 254 Å². The molecule has 6 aromatic carbocycles. The maximum Gasteiger partial charge on any atom is 0.296 e. The number of amides is 7. The van der Waals surface area contributed by atoms with Crippen LogP contribution in [0.25, 0.3) is 11.1 Å². The van der Waals surface area contributed by atoms with Crippen LogP contribution in [0.15, 0.2) is 159 Å². The van der Waals surface area contributed by atoms with Crippen molar-refractivity contribution in [3.05, 3.63) is 240 Å². The molecule has 0 aliphatic heterocycles. The molecule has 7 amide bonds. The molecule has 26 rings (SSSR count). The highest BCUT2D eigenvalue weighted by molar-refractivity contribution is 6.32. The van der Waals surface area contributed by atoms with Gasteiger partial charge in [0.1, 0.15) is 75.5 Å². The van der Waals surface area contributed by atoms with Gasteiger partial charge in [-0.3, -0.25) is 52.5 Å². The molecule has 0 saturated heterocycles. The number of halogens is 9. The number of aryl methyl sites for hydroxylation is 6. The Labute approximate surface area is 888 Å². The van der Waals surface area contributed by atoms with Crippen LogP contribution in [-0.2, 0) is 37.6 Å². The number of aromatic nitrogens is 7. The standard InChI is InChI=1S/C22H26ClFN4O3.2C22H25ClFN3O4.C22H21ClN2O3.C21H23ClFN3O3/c1-14-12-21(26-20(30)18-5-10-28(2)27-18)6-8-22(14,9-7-21)25-19(29)13-31-15-3-4-16(23)17(24)11-15;2*1-13-11-21(26-20(29)18-9-14(2)27-31-18)5-7-22(13,8-6-21)25-19(28)12-30-15-3-4-16(23)17(24)10-15;1-14-8-16(6-7-17(14)23)27-10-15(26)9-21-11-22(12-21,13-21)25-20-24-18-4-2-3-5-19(18)28-20;1-3-26-17(6-13(2)25-26)18(27)8-20-10-21(11-20,12-20)24-19(28)9-29-14-4-5-15(22)16(23)7-14/h3-5,10-11,14H,6-9,12-13H2,1-2H3,(H,25,29)(H,26,30);2*3-4,9-10,13H,5-8,11-12H2,1-2H3,(H,25,28)(H,26,29);2-8H,9-13H2,1H3,(H,24,25);4-7H,3,8-12H2,1-2H3,(H,24,28)/t;2*13-,21?,22?;;/m.10../s1. The van der Waals surface area contributed by atoms with E-state index < -0.39 is 23.3 Å². The van der Waals surface area contributed by atoms with Gasteiger partial charge in [0.15, 0.2) is 43.6 Å². The summed E-state index contributed by atoms with van der Waals surface area (Å²) in [5.41, 5.74) is 3.89. The minimum absolute atomic E-state index is 0.00273. The van der Waals surface area contributed by atoms with Gasteiger partial charge in [0, 0.05) is 118 Å². The molecule has 0 spiro atoms. The molecule has 1 unspecified atom stereocenters. The van der Waals surface area contributed by atoms with E-state index in [4.69, 9.17) is 95.2 Å². The van der Waals surface area contributed by atoms with Crippen LogP contribution in [0, 0.1) is 79.5 Å². The maximum absolute atomic E-state index is 13.5. The van der Waals surface area contributed by atoms with Gasteiger partial charge in [-0.05, 0) is 295 Å². The zero-order valence-corrected chi connectivity index (χ0v) is 88.3. The number of carbonyl (C=O) groups is 9. The van der Waals surface area contributed by atoms with Crippen molar-refractivity contribution >= 4 is 128 Å². The van der Waals surface area contributed by atoms with Crippen LogP contribution in [0.3, 0.4) is 0 Å². The first-order valence-electron chi connectivity index (χ1n) is 50.3. The predicted molar refractivity (Wildman–Crippen MR) is 550 cm³/mol. The minimum Gasteiger partial charge on any atom is -0.486 e. The van der Waals surface area contributed by atoms with Gasteiger partial charge in [-0.2, -0.15) is 15.2 Å². The predicted octanol–water partition coefficient (Wildman–Crippen LogP) is 19.7. The van der Waals surface area contributed by atoms with Crippen molar-refractivity contribution in [2.24, 2.45) is 35.6 Å². The van der Waals surface area contributed by atoms with Crippen LogP contribution in [0.2, 0.25) is 25.1 Å². The Bertz CT molecular complexity index is 6490. The fraction of sp³-hybridized carbons (Fsp3) is 0.468. The average molecular weight is 2170 g/mol. The highest BCUT2D eigenvalue weighted by Gasteiger charge is 2.70. The van der Waals surface area contributed by atoms with E-state index in [0.29, 0.717) is 58.9 Å². The van der Waals surface area contributed by atoms with Crippen molar-refractivity contribution < 1.29 is 97.9 Å². The summed E-state index contributed by atoms with van der Waals surface area (Å²) < 4.78 is 101. The van der Waals surface area contributed by atoms with Gasteiger partial charge in [-0.25, -0.2) is 17.6 Å². The average Bonchev–Trinajstić information content (AvgIpc) is 0.974. The first-order valence-corrected chi connectivity index (χ1v) is 52.2. The molecule has 796 valence electrons. The molecule has 150 heavy (non-hydrogen) atoms. The van der Waals surface area contributed by atoms with Crippen molar-refractivity contribution in [1.82, 2.24) is 72.1 Å². The van der Waals surface area contributed by atoms with E-state index in [9.17, 15) is 60.7 Å². The zero-order chi connectivity index (χ0) is 107. The lowest BCUT2D eigenvalue weighted by Crippen LogP contribution is -2.75. The molecule has 0 radical (unpaired) electrons. The van der Waals surface area contributed by atoms with E-state index in [1.165, 1.54) is 48.5 Å². The number of ether oxygens (including phenoxy) is 5. The Morgan fingerprint density at radius 3 is 1.17 bits per heavy atom. The van der Waals surface area contributed by atoms with Crippen LogP contribution >= 0.6 is 58.0 Å². The Kier molecular flexibility index (Phi) is 31.7. The summed E-state index contributed by atoms with van der Waals surface area (Å²) in [6.07, 6.45) is 19.6. The Morgan fingerprint density at radius 1 is 0.413 bits per heavy atom. The number of anilines is 1. The highest BCUT2D eigenvalue weighted by Crippen LogP contribution is 2.71. The molecule has 15 aliphatic rings. The van der Waals surface area contributed by atoms with Crippen LogP contribution in [-0.4, -0.2) is 165 Å². The topological polar surface area (TPSA) is 410 Å². The quantitative estimate of drug-likeness (QED) is 0.0140. The molecule has 3 atom stereocenters. The molecule has 5 heterocycles. The normalized spacial score (nSPS) is 26.2. The Hall–Kier alpha value is -12.8. The van der Waals surface area contributed by atoms with E-state index in [1.54, 1.807) is 66.8 Å². The molecule has 5 aromatic heterocycles. The van der Waals surface area contributed by atoms with Crippen molar-refractivity contribution in [1.29, 1.82) is 0 Å². The van der Waals surface area contributed by atoms with Gasteiger partial charge in [-0.1, -0.05) is 101 Å². The number of hydrogen-bond donors (Lipinski definition) is 8. The van der Waals surface area contributed by atoms with Gasteiger partial charge < -0.3 is 79.7 Å². The second kappa shape index (κ2) is 43.9. The SMILES string of the molecule is CC1CC2(NC(=O)c3ccn(C)n3)CCC1(NC(=O)COc1ccc(Cl)c(F)c1)CC2.CCn1nc(C)cc1C(=O)CC12CC(NC(=O)COc3ccc(Cl)c(F)c3)(C1)C2.Cc1cc(C(=O)NC23CCC(NC(=O)COc4ccc(Cl)c(F)c4)(CC2)[C@@H](C)C3)on1.Cc1cc(C(=O)NC23CCC(NC(=O)COc4ccc(Cl)c(F)c4)(CC2)[C@H](C)C3)on1.Cc1cc(OCC(=O)CC23CC(Nc4nc5ccccc5o4)(C2)C3)ccc1Cl. The molecule has 8 N–H and O–H groups in total. The summed E-state index contributed by atoms with van der Waals surface area (Å²) in [5, 5.41) is 42.2.